The zero-order valence-electron chi connectivity index (χ0n) is 10.9. The lowest BCUT2D eigenvalue weighted by Gasteiger charge is -1.98. The molecule has 6 nitrogen and oxygen atoms in total. The Labute approximate surface area is 126 Å². The maximum atomic E-state index is 11.9. The summed E-state index contributed by atoms with van der Waals surface area (Å²) in [6, 6.07) is 4.81. The number of hydrogen-bond acceptors (Lipinski definition) is 6. The Hall–Kier alpha value is -2.06. The lowest BCUT2D eigenvalue weighted by Crippen LogP contribution is -2.07. The molecule has 0 unspecified atom stereocenters. The van der Waals surface area contributed by atoms with Crippen LogP contribution < -0.4 is 5.56 Å². The zero-order valence-corrected chi connectivity index (χ0v) is 12.5. The van der Waals surface area contributed by atoms with Crippen LogP contribution in [0.2, 0.25) is 0 Å². The fraction of sp³-hybridized carbons (Fsp3) is 0.154. The van der Waals surface area contributed by atoms with Gasteiger partial charge in [-0.15, -0.1) is 11.3 Å². The first-order chi connectivity index (χ1) is 10.0. The summed E-state index contributed by atoms with van der Waals surface area (Å²) in [6.45, 7) is 1.93. The third kappa shape index (κ3) is 2.86. The number of nitrogens with one attached hydrogen (secondary N) is 1. The van der Waals surface area contributed by atoms with E-state index in [0.29, 0.717) is 26.9 Å². The molecular weight excluding hydrogens is 312 g/mol. The Morgan fingerprint density at radius 1 is 1.52 bits per heavy atom. The molecule has 21 heavy (non-hydrogen) atoms. The summed E-state index contributed by atoms with van der Waals surface area (Å²) in [6.07, 6.45) is 0. The number of aromatic carboxylic acids is 1. The monoisotopic (exact) mass is 322 g/mol. The molecule has 0 amide bonds. The molecule has 3 rings (SSSR count). The van der Waals surface area contributed by atoms with Crippen LogP contribution in [-0.2, 0) is 5.75 Å². The number of aromatic nitrogens is 2. The Kier molecular flexibility index (Phi) is 3.56. The molecule has 0 bridgehead atoms. The van der Waals surface area contributed by atoms with E-state index in [-0.39, 0.29) is 11.3 Å². The summed E-state index contributed by atoms with van der Waals surface area (Å²) in [4.78, 5) is 31.5. The number of fused-ring (bicyclic) bond motifs is 1. The van der Waals surface area contributed by atoms with Crippen molar-refractivity contribution in [2.24, 2.45) is 0 Å². The predicted molar refractivity (Wildman–Crippen MR) is 80.2 cm³/mol. The number of thiophene rings is 1. The van der Waals surface area contributed by atoms with Crippen molar-refractivity contribution in [2.75, 3.05) is 0 Å². The lowest BCUT2D eigenvalue weighted by molar-refractivity contribution is 0.0661. The van der Waals surface area contributed by atoms with Gasteiger partial charge in [-0.2, -0.15) is 0 Å². The maximum absolute atomic E-state index is 11.9. The number of H-pyrrole nitrogens is 1. The van der Waals surface area contributed by atoms with E-state index in [4.69, 9.17) is 9.52 Å². The van der Waals surface area contributed by atoms with E-state index >= 15 is 0 Å². The number of nitrogens with zero attached hydrogens (tertiary/aromatic N) is 1. The quantitative estimate of drug-likeness (QED) is 0.566. The normalized spacial score (nSPS) is 11.1. The van der Waals surface area contributed by atoms with Gasteiger partial charge in [0.15, 0.2) is 5.16 Å². The van der Waals surface area contributed by atoms with Crippen LogP contribution in [0.4, 0.5) is 0 Å². The first-order valence-corrected chi connectivity index (χ1v) is 7.78. The summed E-state index contributed by atoms with van der Waals surface area (Å²) in [5, 5.41) is 9.86. The number of carboxylic acid groups (broad SMARTS) is 1. The van der Waals surface area contributed by atoms with E-state index in [9.17, 15) is 9.59 Å². The minimum atomic E-state index is -1.10. The third-order valence-electron chi connectivity index (χ3n) is 2.73. The van der Waals surface area contributed by atoms with E-state index < -0.39 is 5.97 Å². The van der Waals surface area contributed by atoms with Crippen molar-refractivity contribution in [1.82, 2.24) is 9.97 Å². The Morgan fingerprint density at radius 2 is 2.33 bits per heavy atom. The van der Waals surface area contributed by atoms with Crippen molar-refractivity contribution >= 4 is 39.3 Å². The van der Waals surface area contributed by atoms with E-state index in [2.05, 4.69) is 9.97 Å². The molecule has 0 aliphatic heterocycles. The average Bonchev–Trinajstić information content (AvgIpc) is 3.02. The molecule has 108 valence electrons. The number of hydrogen-bond donors (Lipinski definition) is 2. The van der Waals surface area contributed by atoms with Crippen molar-refractivity contribution in [1.29, 1.82) is 0 Å². The molecule has 3 aromatic heterocycles. The summed E-state index contributed by atoms with van der Waals surface area (Å²) in [5.41, 5.74) is -0.169. The van der Waals surface area contributed by atoms with Crippen molar-refractivity contribution in [2.45, 2.75) is 17.8 Å². The SMILES string of the molecule is Cc1cc2c(=O)[nH]c(SCc3ccc(C(=O)O)o3)nc2s1. The Balaban J connectivity index is 1.81. The van der Waals surface area contributed by atoms with E-state index in [1.807, 2.05) is 13.0 Å². The molecule has 0 radical (unpaired) electrons. The Bertz CT molecular complexity index is 878. The van der Waals surface area contributed by atoms with Crippen LogP contribution in [0.25, 0.3) is 10.2 Å². The molecule has 3 aromatic rings. The van der Waals surface area contributed by atoms with Gasteiger partial charge in [-0.3, -0.25) is 4.79 Å². The van der Waals surface area contributed by atoms with Crippen LogP contribution in [0.3, 0.4) is 0 Å². The number of thioether (sulfide) groups is 1. The Morgan fingerprint density at radius 3 is 3.05 bits per heavy atom. The van der Waals surface area contributed by atoms with Gasteiger partial charge < -0.3 is 14.5 Å². The minimum Gasteiger partial charge on any atom is -0.475 e. The van der Waals surface area contributed by atoms with Gasteiger partial charge in [-0.25, -0.2) is 9.78 Å². The highest BCUT2D eigenvalue weighted by molar-refractivity contribution is 7.98. The molecule has 0 saturated carbocycles. The third-order valence-corrected chi connectivity index (χ3v) is 4.57. The number of aryl methyl sites for hydroxylation is 1. The number of rotatable bonds is 4. The fourth-order valence-corrected chi connectivity index (χ4v) is 3.50. The second-order valence-electron chi connectivity index (χ2n) is 4.31. The van der Waals surface area contributed by atoms with Crippen molar-refractivity contribution in [3.63, 3.8) is 0 Å². The van der Waals surface area contributed by atoms with Gasteiger partial charge in [0.25, 0.3) is 5.56 Å². The number of carbonyl (C=O) groups is 1. The highest BCUT2D eigenvalue weighted by Crippen LogP contribution is 2.24. The standard InChI is InChI=1S/C13H10N2O4S2/c1-6-4-8-10(16)14-13(15-11(8)21-6)20-5-7-2-3-9(19-7)12(17)18/h2-4H,5H2,1H3,(H,17,18)(H,14,15,16). The van der Waals surface area contributed by atoms with Crippen LogP contribution in [-0.4, -0.2) is 21.0 Å². The number of aromatic amines is 1. The van der Waals surface area contributed by atoms with Gasteiger partial charge in [0.2, 0.25) is 5.76 Å². The molecule has 0 aliphatic carbocycles. The molecule has 2 N–H and O–H groups in total. The summed E-state index contributed by atoms with van der Waals surface area (Å²) in [7, 11) is 0. The van der Waals surface area contributed by atoms with E-state index in [1.165, 1.54) is 29.2 Å². The van der Waals surface area contributed by atoms with Crippen LogP contribution in [0.5, 0.6) is 0 Å². The summed E-state index contributed by atoms with van der Waals surface area (Å²) in [5.74, 6) is -0.293. The molecular formula is C13H10N2O4S2. The lowest BCUT2D eigenvalue weighted by atomic mass is 10.4. The van der Waals surface area contributed by atoms with Gasteiger partial charge in [0, 0.05) is 4.88 Å². The second-order valence-corrected chi connectivity index (χ2v) is 6.51. The molecule has 0 aromatic carbocycles. The molecule has 0 saturated heterocycles. The fourth-order valence-electron chi connectivity index (χ4n) is 1.81. The second kappa shape index (κ2) is 5.38. The van der Waals surface area contributed by atoms with Crippen LogP contribution in [0.1, 0.15) is 21.2 Å². The van der Waals surface area contributed by atoms with Gasteiger partial charge >= 0.3 is 5.97 Å². The van der Waals surface area contributed by atoms with E-state index in [1.54, 1.807) is 6.07 Å². The molecule has 0 atom stereocenters. The largest absolute Gasteiger partial charge is 0.475 e. The molecule has 0 aliphatic rings. The van der Waals surface area contributed by atoms with Crippen LogP contribution in [0.15, 0.2) is 32.6 Å². The minimum absolute atomic E-state index is 0.101. The topological polar surface area (TPSA) is 96.2 Å². The summed E-state index contributed by atoms with van der Waals surface area (Å²) < 4.78 is 5.15. The highest BCUT2D eigenvalue weighted by atomic mass is 32.2. The first kappa shape index (κ1) is 13.9. The highest BCUT2D eigenvalue weighted by Gasteiger charge is 2.11. The molecule has 8 heteroatoms. The number of furan rings is 1. The zero-order chi connectivity index (χ0) is 15.0. The first-order valence-electron chi connectivity index (χ1n) is 5.98. The van der Waals surface area contributed by atoms with Gasteiger partial charge in [-0.05, 0) is 25.1 Å². The van der Waals surface area contributed by atoms with Crippen LogP contribution >= 0.6 is 23.1 Å². The molecule has 0 fully saturated rings. The predicted octanol–water partition coefficient (Wildman–Crippen LogP) is 2.88. The van der Waals surface area contributed by atoms with Gasteiger partial charge in [-0.1, -0.05) is 11.8 Å². The smallest absolute Gasteiger partial charge is 0.371 e. The molecule has 0 spiro atoms. The number of carboxylic acids is 1. The van der Waals surface area contributed by atoms with Crippen molar-refractivity contribution in [3.05, 3.63) is 45.0 Å². The van der Waals surface area contributed by atoms with Gasteiger partial charge in [0.1, 0.15) is 10.6 Å². The molecule has 3 heterocycles. The van der Waals surface area contributed by atoms with Crippen molar-refractivity contribution < 1.29 is 14.3 Å². The average molecular weight is 322 g/mol. The van der Waals surface area contributed by atoms with Gasteiger partial charge in [0.05, 0.1) is 11.1 Å². The van der Waals surface area contributed by atoms with E-state index in [0.717, 1.165) is 4.88 Å². The summed E-state index contributed by atoms with van der Waals surface area (Å²) >= 11 is 2.75. The van der Waals surface area contributed by atoms with Crippen molar-refractivity contribution in [3.8, 4) is 0 Å². The maximum Gasteiger partial charge on any atom is 0.371 e. The van der Waals surface area contributed by atoms with Crippen LogP contribution in [0, 0.1) is 6.92 Å².